The van der Waals surface area contributed by atoms with E-state index in [4.69, 9.17) is 77.9 Å². The van der Waals surface area contributed by atoms with Crippen LogP contribution in [0, 0.1) is 0 Å². The smallest absolute Gasteiger partial charge is 0.139 e. The van der Waals surface area contributed by atoms with E-state index in [2.05, 4.69) is 187 Å². The van der Waals surface area contributed by atoms with Crippen LogP contribution in [0.3, 0.4) is 0 Å². The van der Waals surface area contributed by atoms with Gasteiger partial charge in [-0.1, -0.05) is 254 Å². The molecule has 87 heavy (non-hydrogen) atoms. The lowest BCUT2D eigenvalue weighted by Crippen LogP contribution is -2.32. The topological polar surface area (TPSA) is 91.5 Å². The molecule has 436 valence electrons. The van der Waals surface area contributed by atoms with Crippen molar-refractivity contribution in [1.82, 2.24) is 9.97 Å². The van der Waals surface area contributed by atoms with Crippen molar-refractivity contribution in [3.63, 3.8) is 0 Å². The van der Waals surface area contributed by atoms with E-state index in [1.54, 1.807) is 20.3 Å². The first kappa shape index (κ1) is 62.5. The molecule has 3 heterocycles. The summed E-state index contributed by atoms with van der Waals surface area (Å²) < 4.78 is 17.6. The molecule has 14 heteroatoms. The molecule has 0 spiro atoms. The molecule has 1 aliphatic rings. The number of halogens is 5. The van der Waals surface area contributed by atoms with Gasteiger partial charge in [-0.15, -0.1) is 0 Å². The molecule has 10 aromatic carbocycles. The van der Waals surface area contributed by atoms with Crippen LogP contribution in [0.25, 0.3) is 21.8 Å². The Morgan fingerprint density at radius 1 is 0.448 bits per heavy atom. The molecule has 12 aromatic rings. The number of ether oxygens (including phenoxy) is 3. The summed E-state index contributed by atoms with van der Waals surface area (Å²) in [5.74, 6) is 4.27. The number of methoxy groups -OCH3 is 2. The van der Waals surface area contributed by atoms with E-state index < -0.39 is 15.8 Å². The van der Waals surface area contributed by atoms with E-state index in [1.807, 2.05) is 91.0 Å². The van der Waals surface area contributed by atoms with Gasteiger partial charge in [-0.3, -0.25) is 0 Å². The highest BCUT2D eigenvalue weighted by Gasteiger charge is 2.39. The first-order chi connectivity index (χ1) is 42.3. The Bertz CT molecular complexity index is 4040. The van der Waals surface area contributed by atoms with Crippen LogP contribution in [-0.4, -0.2) is 24.2 Å². The van der Waals surface area contributed by atoms with E-state index in [0.717, 1.165) is 71.8 Å². The van der Waals surface area contributed by atoms with Gasteiger partial charge in [0.1, 0.15) is 34.0 Å². The van der Waals surface area contributed by atoms with E-state index in [0.29, 0.717) is 28.3 Å². The fourth-order valence-electron chi connectivity index (χ4n) is 10.1. The highest BCUT2D eigenvalue weighted by Crippen LogP contribution is 2.52. The van der Waals surface area contributed by atoms with Crippen LogP contribution in [0.5, 0.6) is 23.0 Å². The summed E-state index contributed by atoms with van der Waals surface area (Å²) in [6.45, 7) is 5.93. The molecule has 0 saturated heterocycles. The lowest BCUT2D eigenvalue weighted by Gasteiger charge is -2.38. The maximum Gasteiger partial charge on any atom is 0.139 e. The van der Waals surface area contributed by atoms with Crippen molar-refractivity contribution in [2.75, 3.05) is 19.5 Å². The van der Waals surface area contributed by atoms with Crippen molar-refractivity contribution in [1.29, 1.82) is 0 Å². The SMILES string of the molecule is CC1(C)c2cccc(P(c3ccccc3)c3ccccc3)c2Oc2c(P(c3ccccc3)c3ccccc3)cccc21.COc1ccc2nc(Cl)cc(Cl)c2c1.COc1ccc2nc(NCc3ccc(Cl)cc3)cc(Cl)c2c1.NCc1ccc(Cl)cc1. The summed E-state index contributed by atoms with van der Waals surface area (Å²) in [4.78, 5) is 8.70. The number of para-hydroxylation sites is 2. The molecular weight excluding hydrogens is 1220 g/mol. The molecule has 0 bridgehead atoms. The Kier molecular flexibility index (Phi) is 21.2. The van der Waals surface area contributed by atoms with Crippen LogP contribution in [0.2, 0.25) is 25.2 Å². The maximum absolute atomic E-state index is 7.26. The minimum atomic E-state index is -0.824. The predicted molar refractivity (Wildman–Crippen MR) is 372 cm³/mol. The highest BCUT2D eigenvalue weighted by atomic mass is 35.5. The van der Waals surface area contributed by atoms with E-state index in [9.17, 15) is 0 Å². The second-order valence-corrected chi connectivity index (χ2v) is 27.0. The number of pyridine rings is 2. The Balaban J connectivity index is 0.000000153. The number of hydrogen-bond donors (Lipinski definition) is 2. The van der Waals surface area contributed by atoms with Crippen LogP contribution in [0.1, 0.15) is 36.1 Å². The van der Waals surface area contributed by atoms with E-state index >= 15 is 0 Å². The van der Waals surface area contributed by atoms with Gasteiger partial charge in [0.15, 0.2) is 0 Å². The number of rotatable bonds is 12. The summed E-state index contributed by atoms with van der Waals surface area (Å²) in [7, 11) is 1.59. The van der Waals surface area contributed by atoms with Crippen molar-refractivity contribution in [2.45, 2.75) is 32.4 Å². The molecule has 0 amide bonds. The summed E-state index contributed by atoms with van der Waals surface area (Å²) >= 11 is 29.6. The standard InChI is InChI=1S/C39H32OP2.C17H14Cl2N2O.C10H7Cl2NO.C7H8ClN/c1-39(2)33-25-15-27-35(41(29-17-7-3-8-18-29)30-19-9-4-10-20-30)37(33)40-38-34(39)26-16-28-36(38)42(31-21-11-5-12-22-31)32-23-13-6-14-24-32;1-22-13-6-7-16-14(8-13)15(19)9-17(21-16)20-10-11-2-4-12(18)5-3-11;1-14-6-2-3-9-7(4-6)8(11)5-10(12)13-9;8-7-3-1-6(5-9)2-4-7/h3-28H,1-2H3;2-9H,10H2,1H3,(H,20,21);2-5H,1H3;1-4H,5,9H2. The van der Waals surface area contributed by atoms with Gasteiger partial charge in [-0.2, -0.15) is 0 Å². The summed E-state index contributed by atoms with van der Waals surface area (Å²) in [5.41, 5.74) is 11.4. The van der Waals surface area contributed by atoms with Gasteiger partial charge in [0.25, 0.3) is 0 Å². The molecule has 3 N–H and O–H groups in total. The molecule has 1 aliphatic heterocycles. The van der Waals surface area contributed by atoms with E-state index in [1.165, 1.54) is 43.0 Å². The molecule has 0 unspecified atom stereocenters. The van der Waals surface area contributed by atoms with Crippen molar-refractivity contribution in [3.8, 4) is 23.0 Å². The van der Waals surface area contributed by atoms with Crippen molar-refractivity contribution < 1.29 is 14.2 Å². The van der Waals surface area contributed by atoms with Crippen molar-refractivity contribution in [2.24, 2.45) is 5.73 Å². The van der Waals surface area contributed by atoms with Crippen LogP contribution in [0.4, 0.5) is 5.82 Å². The normalized spacial score (nSPS) is 11.8. The number of benzene rings is 10. The van der Waals surface area contributed by atoms with Crippen molar-refractivity contribution >= 4 is 133 Å². The first-order valence-corrected chi connectivity index (χ1v) is 32.5. The van der Waals surface area contributed by atoms with Gasteiger partial charge in [-0.25, -0.2) is 9.97 Å². The summed E-state index contributed by atoms with van der Waals surface area (Å²) in [5, 5.41) is 15.9. The zero-order valence-electron chi connectivity index (χ0n) is 48.1. The number of aromatic nitrogens is 2. The second-order valence-electron chi connectivity index (χ2n) is 20.5. The maximum atomic E-state index is 7.26. The average Bonchev–Trinajstić information content (AvgIpc) is 0.803. The lowest BCUT2D eigenvalue weighted by atomic mass is 9.76. The summed E-state index contributed by atoms with van der Waals surface area (Å²) in [6.07, 6.45) is 0. The summed E-state index contributed by atoms with van der Waals surface area (Å²) in [6, 6.07) is 86.9. The third kappa shape index (κ3) is 15.3. The van der Waals surface area contributed by atoms with Crippen molar-refractivity contribution in [3.05, 3.63) is 302 Å². The molecule has 2 aromatic heterocycles. The number of hydrogen-bond acceptors (Lipinski definition) is 7. The number of nitrogens with one attached hydrogen (secondary N) is 1. The van der Waals surface area contributed by atoms with Crippen LogP contribution in [-0.2, 0) is 18.5 Å². The van der Waals surface area contributed by atoms with Gasteiger partial charge >= 0.3 is 0 Å². The third-order valence-electron chi connectivity index (χ3n) is 14.5. The second kappa shape index (κ2) is 29.5. The van der Waals surface area contributed by atoms with Crippen LogP contribution in [0.15, 0.2) is 255 Å². The highest BCUT2D eigenvalue weighted by molar-refractivity contribution is 7.80. The zero-order valence-corrected chi connectivity index (χ0v) is 53.7. The molecule has 0 fully saturated rings. The Labute approximate surface area is 536 Å². The largest absolute Gasteiger partial charge is 0.497 e. The minimum Gasteiger partial charge on any atom is -0.497 e. The van der Waals surface area contributed by atoms with Gasteiger partial charge in [0, 0.05) is 61.1 Å². The van der Waals surface area contributed by atoms with Gasteiger partial charge in [-0.05, 0) is 121 Å². The average molecular weight is 1280 g/mol. The molecule has 0 atom stereocenters. The fraction of sp³-hybridized carbons (Fsp3) is 0.0959. The Hall–Kier alpha value is -7.51. The molecule has 0 saturated carbocycles. The third-order valence-corrected chi connectivity index (χ3v) is 20.8. The number of nitrogens with two attached hydrogens (primary N) is 1. The molecular formula is C73H61Cl5N4O3P2. The van der Waals surface area contributed by atoms with Gasteiger partial charge in [0.05, 0.1) is 35.3 Å². The number of anilines is 1. The Morgan fingerprint density at radius 2 is 0.851 bits per heavy atom. The molecule has 0 radical (unpaired) electrons. The molecule has 0 aliphatic carbocycles. The minimum absolute atomic E-state index is 0.225. The monoisotopic (exact) mass is 1280 g/mol. The quantitative estimate of drug-likeness (QED) is 0.0930. The zero-order chi connectivity index (χ0) is 60.9. The fourth-order valence-corrected chi connectivity index (χ4v) is 15.9. The molecule has 7 nitrogen and oxygen atoms in total. The van der Waals surface area contributed by atoms with Crippen LogP contribution >= 0.6 is 73.8 Å². The molecule has 13 rings (SSSR count). The van der Waals surface area contributed by atoms with Crippen LogP contribution < -0.4 is 57.1 Å². The number of fused-ring (bicyclic) bond motifs is 4. The predicted octanol–water partition coefficient (Wildman–Crippen LogP) is 18.1. The van der Waals surface area contributed by atoms with Gasteiger partial charge in [0.2, 0.25) is 0 Å². The first-order valence-electron chi connectivity index (χ1n) is 27.9. The van der Waals surface area contributed by atoms with Gasteiger partial charge < -0.3 is 25.3 Å². The Morgan fingerprint density at radius 3 is 1.26 bits per heavy atom. The lowest BCUT2D eigenvalue weighted by molar-refractivity contribution is 0.415. The number of nitrogens with zero attached hydrogens (tertiary/aromatic N) is 2. The van der Waals surface area contributed by atoms with E-state index in [-0.39, 0.29) is 5.41 Å².